The van der Waals surface area contributed by atoms with Gasteiger partial charge in [-0.3, -0.25) is 0 Å². The van der Waals surface area contributed by atoms with E-state index in [-0.39, 0.29) is 6.03 Å². The molecular weight excluding hydrogens is 256 g/mol. The number of nitrogens with zero attached hydrogens (tertiary/aromatic N) is 1. The molecule has 1 heterocycles. The van der Waals surface area contributed by atoms with E-state index in [2.05, 4.69) is 5.32 Å². The molecule has 1 aromatic rings. The number of hydrogen-bond acceptors (Lipinski definition) is 2. The van der Waals surface area contributed by atoms with Crippen molar-refractivity contribution in [2.75, 3.05) is 6.54 Å². The van der Waals surface area contributed by atoms with Crippen molar-refractivity contribution in [1.29, 1.82) is 0 Å². The van der Waals surface area contributed by atoms with Gasteiger partial charge in [0.2, 0.25) is 0 Å². The van der Waals surface area contributed by atoms with Gasteiger partial charge >= 0.3 is 12.0 Å². The highest BCUT2D eigenvalue weighted by Crippen LogP contribution is 2.29. The summed E-state index contributed by atoms with van der Waals surface area (Å²) in [6.45, 7) is 4.50. The van der Waals surface area contributed by atoms with Gasteiger partial charge in [-0.25, -0.2) is 9.59 Å². The molecule has 0 spiro atoms. The molecule has 1 fully saturated rings. The van der Waals surface area contributed by atoms with Crippen LogP contribution in [0.3, 0.4) is 0 Å². The fraction of sp³-hybridized carbons (Fsp3) is 0.467. The van der Waals surface area contributed by atoms with Crippen molar-refractivity contribution >= 4 is 12.0 Å². The molecule has 1 aliphatic rings. The molecule has 0 aromatic heterocycles. The lowest BCUT2D eigenvalue weighted by Crippen LogP contribution is -2.53. The maximum atomic E-state index is 12.2. The van der Waals surface area contributed by atoms with Gasteiger partial charge in [-0.15, -0.1) is 0 Å². The summed E-state index contributed by atoms with van der Waals surface area (Å²) >= 11 is 0. The minimum atomic E-state index is -1.09. The average molecular weight is 276 g/mol. The number of carbonyl (C=O) groups is 2. The highest BCUT2D eigenvalue weighted by molar-refractivity contribution is 5.86. The van der Waals surface area contributed by atoms with Crippen LogP contribution in [0.1, 0.15) is 30.9 Å². The van der Waals surface area contributed by atoms with Crippen molar-refractivity contribution in [3.8, 4) is 0 Å². The molecule has 1 atom stereocenters. The van der Waals surface area contributed by atoms with Crippen LogP contribution in [-0.4, -0.2) is 34.1 Å². The third-order valence-electron chi connectivity index (χ3n) is 3.87. The summed E-state index contributed by atoms with van der Waals surface area (Å²) < 4.78 is 0. The molecule has 0 radical (unpaired) electrons. The first-order valence-electron chi connectivity index (χ1n) is 6.78. The van der Waals surface area contributed by atoms with Crippen molar-refractivity contribution < 1.29 is 14.7 Å². The van der Waals surface area contributed by atoms with Crippen LogP contribution in [0.4, 0.5) is 4.79 Å². The topological polar surface area (TPSA) is 69.6 Å². The molecule has 0 bridgehead atoms. The smallest absolute Gasteiger partial charge is 0.329 e. The number of benzene rings is 1. The van der Waals surface area contributed by atoms with E-state index < -0.39 is 11.5 Å². The van der Waals surface area contributed by atoms with Gasteiger partial charge in [-0.1, -0.05) is 29.8 Å². The molecule has 1 unspecified atom stereocenters. The second kappa shape index (κ2) is 5.53. The Labute approximate surface area is 118 Å². The van der Waals surface area contributed by atoms with Crippen LogP contribution in [-0.2, 0) is 11.3 Å². The second-order valence-electron chi connectivity index (χ2n) is 5.48. The Kier molecular flexibility index (Phi) is 3.97. The Morgan fingerprint density at radius 2 is 2.20 bits per heavy atom. The Balaban J connectivity index is 2.00. The number of rotatable bonds is 3. The molecule has 108 valence electrons. The van der Waals surface area contributed by atoms with Crippen molar-refractivity contribution in [2.45, 2.75) is 38.8 Å². The van der Waals surface area contributed by atoms with Crippen molar-refractivity contribution in [1.82, 2.24) is 10.2 Å². The van der Waals surface area contributed by atoms with E-state index in [1.807, 2.05) is 31.2 Å². The maximum Gasteiger partial charge on any atom is 0.329 e. The number of nitrogens with one attached hydrogen (secondary N) is 1. The Morgan fingerprint density at radius 1 is 1.45 bits per heavy atom. The number of likely N-dealkylation sites (tertiary alicyclic amines) is 1. The summed E-state index contributed by atoms with van der Waals surface area (Å²) in [6, 6.07) is 7.56. The fourth-order valence-corrected chi connectivity index (χ4v) is 2.61. The zero-order valence-electron chi connectivity index (χ0n) is 11.8. The van der Waals surface area contributed by atoms with Crippen molar-refractivity contribution in [3.05, 3.63) is 35.4 Å². The average Bonchev–Trinajstić information content (AvgIpc) is 2.80. The Bertz CT molecular complexity index is 530. The predicted molar refractivity (Wildman–Crippen MR) is 75.4 cm³/mol. The van der Waals surface area contributed by atoms with Crippen LogP contribution in [0, 0.1) is 6.92 Å². The molecule has 1 aliphatic heterocycles. The monoisotopic (exact) mass is 276 g/mol. The third kappa shape index (κ3) is 2.76. The first-order chi connectivity index (χ1) is 9.43. The normalized spacial score (nSPS) is 21.8. The number of amides is 2. The van der Waals surface area contributed by atoms with E-state index in [4.69, 9.17) is 0 Å². The van der Waals surface area contributed by atoms with E-state index in [1.165, 1.54) is 4.90 Å². The minimum absolute atomic E-state index is 0.311. The van der Waals surface area contributed by atoms with Crippen LogP contribution < -0.4 is 5.32 Å². The molecule has 0 aliphatic carbocycles. The molecule has 2 rings (SSSR count). The number of carboxylic acid groups (broad SMARTS) is 1. The van der Waals surface area contributed by atoms with Gasteiger partial charge in [0.05, 0.1) is 0 Å². The summed E-state index contributed by atoms with van der Waals surface area (Å²) in [7, 11) is 0. The first kappa shape index (κ1) is 14.4. The molecule has 1 saturated heterocycles. The zero-order valence-corrected chi connectivity index (χ0v) is 11.8. The highest BCUT2D eigenvalue weighted by Gasteiger charge is 2.45. The molecule has 0 saturated carbocycles. The van der Waals surface area contributed by atoms with E-state index in [1.54, 1.807) is 6.92 Å². The molecule has 2 amide bonds. The summed E-state index contributed by atoms with van der Waals surface area (Å²) in [5, 5.41) is 12.1. The quantitative estimate of drug-likeness (QED) is 0.888. The van der Waals surface area contributed by atoms with E-state index >= 15 is 0 Å². The minimum Gasteiger partial charge on any atom is -0.480 e. The Hall–Kier alpha value is -2.04. The summed E-state index contributed by atoms with van der Waals surface area (Å²) in [4.78, 5) is 24.9. The lowest BCUT2D eigenvalue weighted by atomic mass is 10.00. The summed E-state index contributed by atoms with van der Waals surface area (Å²) in [5.74, 6) is -0.944. The standard InChI is InChI=1S/C15H20N2O3/c1-11-5-3-6-12(9-11)10-16-14(20)17-8-4-7-15(17,2)13(18)19/h3,5-6,9H,4,7-8,10H2,1-2H3,(H,16,20)(H,18,19). The van der Waals surface area contributed by atoms with E-state index in [0.717, 1.165) is 17.5 Å². The van der Waals surface area contributed by atoms with Gasteiger partial charge in [-0.2, -0.15) is 0 Å². The highest BCUT2D eigenvalue weighted by atomic mass is 16.4. The molecule has 5 nitrogen and oxygen atoms in total. The number of aryl methyl sites for hydroxylation is 1. The lowest BCUT2D eigenvalue weighted by molar-refractivity contribution is -0.147. The first-order valence-corrected chi connectivity index (χ1v) is 6.78. The van der Waals surface area contributed by atoms with Gasteiger partial charge in [0.15, 0.2) is 0 Å². The number of carboxylic acids is 1. The van der Waals surface area contributed by atoms with Crippen LogP contribution in [0.15, 0.2) is 24.3 Å². The van der Waals surface area contributed by atoms with Crippen molar-refractivity contribution in [2.24, 2.45) is 0 Å². The summed E-state index contributed by atoms with van der Waals surface area (Å²) in [5.41, 5.74) is 1.05. The van der Waals surface area contributed by atoms with Gasteiger partial charge < -0.3 is 15.3 Å². The van der Waals surface area contributed by atoms with Crippen LogP contribution in [0.25, 0.3) is 0 Å². The Morgan fingerprint density at radius 3 is 2.85 bits per heavy atom. The van der Waals surface area contributed by atoms with Gasteiger partial charge in [0, 0.05) is 13.1 Å². The van der Waals surface area contributed by atoms with Crippen LogP contribution in [0.5, 0.6) is 0 Å². The number of hydrogen-bond donors (Lipinski definition) is 2. The third-order valence-corrected chi connectivity index (χ3v) is 3.87. The van der Waals surface area contributed by atoms with E-state index in [9.17, 15) is 14.7 Å². The predicted octanol–water partition coefficient (Wildman–Crippen LogP) is 2.14. The number of urea groups is 1. The zero-order chi connectivity index (χ0) is 14.8. The molecule has 2 N–H and O–H groups in total. The molecule has 1 aromatic carbocycles. The van der Waals surface area contributed by atoms with Crippen molar-refractivity contribution in [3.63, 3.8) is 0 Å². The second-order valence-corrected chi connectivity index (χ2v) is 5.48. The molecule has 20 heavy (non-hydrogen) atoms. The lowest BCUT2D eigenvalue weighted by Gasteiger charge is -2.31. The summed E-state index contributed by atoms with van der Waals surface area (Å²) in [6.07, 6.45) is 1.22. The van der Waals surface area contributed by atoms with Gasteiger partial charge in [-0.05, 0) is 32.3 Å². The van der Waals surface area contributed by atoms with Gasteiger partial charge in [0.25, 0.3) is 0 Å². The largest absolute Gasteiger partial charge is 0.480 e. The van der Waals surface area contributed by atoms with Crippen LogP contribution in [0.2, 0.25) is 0 Å². The van der Waals surface area contributed by atoms with E-state index in [0.29, 0.717) is 19.5 Å². The SMILES string of the molecule is Cc1cccc(CNC(=O)N2CCCC2(C)C(=O)O)c1. The number of aliphatic carboxylic acids is 1. The molecule has 5 heteroatoms. The maximum absolute atomic E-state index is 12.2. The van der Waals surface area contributed by atoms with Crippen LogP contribution >= 0.6 is 0 Å². The number of carbonyl (C=O) groups excluding carboxylic acids is 1. The van der Waals surface area contributed by atoms with Gasteiger partial charge in [0.1, 0.15) is 5.54 Å². The molecular formula is C15H20N2O3. The fourth-order valence-electron chi connectivity index (χ4n) is 2.61.